The summed E-state index contributed by atoms with van der Waals surface area (Å²) in [5, 5.41) is 10.4. The van der Waals surface area contributed by atoms with Gasteiger partial charge in [0, 0.05) is 25.1 Å². The molecule has 1 saturated heterocycles. The minimum atomic E-state index is -0.589. The first kappa shape index (κ1) is 15.4. The molecule has 0 aromatic heterocycles. The third-order valence-electron chi connectivity index (χ3n) is 2.95. The van der Waals surface area contributed by atoms with Crippen molar-refractivity contribution in [3.63, 3.8) is 0 Å². The highest BCUT2D eigenvalue weighted by Gasteiger charge is 2.17. The van der Waals surface area contributed by atoms with Crippen LogP contribution in [0.4, 0.5) is 4.39 Å². The van der Waals surface area contributed by atoms with Gasteiger partial charge >= 0.3 is 0 Å². The van der Waals surface area contributed by atoms with Crippen LogP contribution in [0.5, 0.6) is 0 Å². The molecule has 0 unspecified atom stereocenters. The zero-order valence-corrected chi connectivity index (χ0v) is 11.6. The van der Waals surface area contributed by atoms with Gasteiger partial charge in [-0.1, -0.05) is 11.8 Å². The maximum absolute atomic E-state index is 13.8. The number of hydrazine groups is 1. The van der Waals surface area contributed by atoms with Crippen molar-refractivity contribution in [2.24, 2.45) is 0 Å². The second kappa shape index (κ2) is 7.74. The number of nitrogens with zero attached hydrogens (tertiary/aromatic N) is 1. The second-order valence-electron chi connectivity index (χ2n) is 4.51. The molecule has 1 aliphatic heterocycles. The van der Waals surface area contributed by atoms with Gasteiger partial charge in [-0.15, -0.1) is 0 Å². The van der Waals surface area contributed by atoms with E-state index in [-0.39, 0.29) is 12.2 Å². The average molecular weight is 292 g/mol. The van der Waals surface area contributed by atoms with Crippen LogP contribution in [0.15, 0.2) is 18.2 Å². The lowest BCUT2D eigenvalue weighted by Crippen LogP contribution is -2.48. The quantitative estimate of drug-likeness (QED) is 0.798. The fraction of sp³-hybridized carbons (Fsp3) is 0.400. The number of halogens is 1. The highest BCUT2D eigenvalue weighted by molar-refractivity contribution is 5.94. The summed E-state index contributed by atoms with van der Waals surface area (Å²) in [6.45, 7) is 2.19. The van der Waals surface area contributed by atoms with E-state index in [0.717, 1.165) is 0 Å². The third-order valence-corrected chi connectivity index (χ3v) is 2.95. The number of morpholine rings is 1. The fourth-order valence-electron chi connectivity index (χ4n) is 1.88. The maximum atomic E-state index is 13.8. The standard InChI is InChI=1S/C15H17FN2O3/c16-14-5-4-12(3-1-2-8-19)11-13(14)15(20)17-18-6-9-21-10-7-18/h4-5,11,19H,2,6-10H2,(H,17,20). The molecule has 0 aliphatic carbocycles. The molecule has 0 spiro atoms. The van der Waals surface area contributed by atoms with Crippen LogP contribution in [0.3, 0.4) is 0 Å². The number of carbonyl (C=O) groups excluding carboxylic acids is 1. The number of hydrogen-bond donors (Lipinski definition) is 2. The molecule has 2 N–H and O–H groups in total. The first-order valence-corrected chi connectivity index (χ1v) is 6.73. The van der Waals surface area contributed by atoms with Crippen LogP contribution in [0.2, 0.25) is 0 Å². The summed E-state index contributed by atoms with van der Waals surface area (Å²) in [7, 11) is 0. The van der Waals surface area contributed by atoms with Gasteiger partial charge in [-0.05, 0) is 18.2 Å². The highest BCUT2D eigenvalue weighted by Crippen LogP contribution is 2.10. The van der Waals surface area contributed by atoms with E-state index in [1.807, 2.05) is 0 Å². The molecule has 21 heavy (non-hydrogen) atoms. The van der Waals surface area contributed by atoms with Crippen molar-refractivity contribution < 1.29 is 19.0 Å². The van der Waals surface area contributed by atoms with Crippen LogP contribution < -0.4 is 5.43 Å². The lowest BCUT2D eigenvalue weighted by Gasteiger charge is -2.26. The molecular weight excluding hydrogens is 275 g/mol. The van der Waals surface area contributed by atoms with Crippen molar-refractivity contribution in [1.82, 2.24) is 10.4 Å². The summed E-state index contributed by atoms with van der Waals surface area (Å²) in [4.78, 5) is 12.1. The van der Waals surface area contributed by atoms with E-state index < -0.39 is 11.7 Å². The van der Waals surface area contributed by atoms with E-state index in [1.165, 1.54) is 18.2 Å². The number of rotatable bonds is 3. The van der Waals surface area contributed by atoms with Crippen molar-refractivity contribution in [1.29, 1.82) is 0 Å². The Morgan fingerprint density at radius 2 is 2.19 bits per heavy atom. The first-order valence-electron chi connectivity index (χ1n) is 6.73. The topological polar surface area (TPSA) is 61.8 Å². The Labute approximate surface area is 122 Å². The number of benzene rings is 1. The third kappa shape index (κ3) is 4.53. The zero-order valence-electron chi connectivity index (χ0n) is 11.6. The molecule has 5 nitrogen and oxygen atoms in total. The zero-order chi connectivity index (χ0) is 15.1. The Morgan fingerprint density at radius 3 is 2.90 bits per heavy atom. The van der Waals surface area contributed by atoms with Crippen molar-refractivity contribution in [2.45, 2.75) is 6.42 Å². The van der Waals surface area contributed by atoms with Gasteiger partial charge in [0.15, 0.2) is 0 Å². The molecule has 112 valence electrons. The Bertz CT molecular complexity index is 560. The number of hydrogen-bond acceptors (Lipinski definition) is 4. The fourth-order valence-corrected chi connectivity index (χ4v) is 1.88. The van der Waals surface area contributed by atoms with Crippen LogP contribution in [0, 0.1) is 17.7 Å². The normalized spacial score (nSPS) is 15.1. The van der Waals surface area contributed by atoms with Gasteiger partial charge in [0.05, 0.1) is 25.4 Å². The monoisotopic (exact) mass is 292 g/mol. The predicted octanol–water partition coefficient (Wildman–Crippen LogP) is 0.537. The summed E-state index contributed by atoms with van der Waals surface area (Å²) in [6.07, 6.45) is 0.340. The summed E-state index contributed by atoms with van der Waals surface area (Å²) < 4.78 is 18.9. The Hall–Kier alpha value is -1.94. The second-order valence-corrected chi connectivity index (χ2v) is 4.51. The molecule has 1 aromatic rings. The van der Waals surface area contributed by atoms with E-state index in [0.29, 0.717) is 38.3 Å². The molecular formula is C15H17FN2O3. The first-order chi connectivity index (χ1) is 10.2. The molecule has 6 heteroatoms. The SMILES string of the molecule is O=C(NN1CCOCC1)c1cc(C#CCCO)ccc1F. The number of ether oxygens (including phenoxy) is 1. The molecule has 1 amide bonds. The number of aliphatic hydroxyl groups is 1. The molecule has 0 atom stereocenters. The number of aliphatic hydroxyl groups excluding tert-OH is 1. The van der Waals surface area contributed by atoms with Gasteiger partial charge < -0.3 is 9.84 Å². The molecule has 2 rings (SSSR count). The number of nitrogens with one attached hydrogen (secondary N) is 1. The predicted molar refractivity (Wildman–Crippen MR) is 74.8 cm³/mol. The van der Waals surface area contributed by atoms with Crippen molar-refractivity contribution in [3.8, 4) is 11.8 Å². The summed E-state index contributed by atoms with van der Waals surface area (Å²) in [5.41, 5.74) is 3.15. The van der Waals surface area contributed by atoms with Crippen molar-refractivity contribution >= 4 is 5.91 Å². The number of carbonyl (C=O) groups is 1. The molecule has 1 fully saturated rings. The molecule has 0 saturated carbocycles. The van der Waals surface area contributed by atoms with Crippen LogP contribution >= 0.6 is 0 Å². The molecule has 1 aromatic carbocycles. The van der Waals surface area contributed by atoms with Crippen LogP contribution in [0.1, 0.15) is 22.3 Å². The Morgan fingerprint density at radius 1 is 1.43 bits per heavy atom. The molecule has 1 heterocycles. The van der Waals surface area contributed by atoms with Crippen LogP contribution in [0.25, 0.3) is 0 Å². The number of amides is 1. The largest absolute Gasteiger partial charge is 0.395 e. The van der Waals surface area contributed by atoms with Gasteiger partial charge in [0.2, 0.25) is 0 Å². The smallest absolute Gasteiger partial charge is 0.268 e. The van der Waals surface area contributed by atoms with Gasteiger partial charge in [0.25, 0.3) is 5.91 Å². The van der Waals surface area contributed by atoms with Gasteiger partial charge in [-0.3, -0.25) is 10.2 Å². The molecule has 1 aliphatic rings. The van der Waals surface area contributed by atoms with E-state index in [2.05, 4.69) is 17.3 Å². The average Bonchev–Trinajstić information content (AvgIpc) is 2.50. The van der Waals surface area contributed by atoms with Crippen molar-refractivity contribution in [2.75, 3.05) is 32.9 Å². The molecule has 0 bridgehead atoms. The van der Waals surface area contributed by atoms with E-state index in [1.54, 1.807) is 5.01 Å². The van der Waals surface area contributed by atoms with E-state index in [4.69, 9.17) is 9.84 Å². The Balaban J connectivity index is 2.08. The Kier molecular flexibility index (Phi) is 5.69. The minimum Gasteiger partial charge on any atom is -0.395 e. The summed E-state index contributed by atoms with van der Waals surface area (Å²) in [5.74, 6) is 4.43. The van der Waals surface area contributed by atoms with Gasteiger partial charge in [-0.25, -0.2) is 9.40 Å². The van der Waals surface area contributed by atoms with Gasteiger partial charge in [0.1, 0.15) is 5.82 Å². The lowest BCUT2D eigenvalue weighted by atomic mass is 10.1. The van der Waals surface area contributed by atoms with Crippen LogP contribution in [-0.2, 0) is 4.74 Å². The molecule has 0 radical (unpaired) electrons. The summed E-state index contributed by atoms with van der Waals surface area (Å²) >= 11 is 0. The maximum Gasteiger partial charge on any atom is 0.268 e. The minimum absolute atomic E-state index is 0.0292. The lowest BCUT2D eigenvalue weighted by molar-refractivity contribution is 0.0125. The van der Waals surface area contributed by atoms with E-state index >= 15 is 0 Å². The van der Waals surface area contributed by atoms with E-state index in [9.17, 15) is 9.18 Å². The van der Waals surface area contributed by atoms with Crippen molar-refractivity contribution in [3.05, 3.63) is 35.1 Å². The van der Waals surface area contributed by atoms with Gasteiger partial charge in [-0.2, -0.15) is 0 Å². The highest BCUT2D eigenvalue weighted by atomic mass is 19.1. The summed E-state index contributed by atoms with van der Waals surface area (Å²) in [6, 6.07) is 4.14. The van der Waals surface area contributed by atoms with Crippen LogP contribution in [-0.4, -0.2) is 48.9 Å².